The monoisotopic (exact) mass is 627 g/mol. The first-order valence-electron chi connectivity index (χ1n) is 16.7. The van der Waals surface area contributed by atoms with Gasteiger partial charge in [-0.05, 0) is 87.0 Å². The lowest BCUT2D eigenvalue weighted by molar-refractivity contribution is 0.669. The zero-order valence-corrected chi connectivity index (χ0v) is 26.6. The first-order valence-corrected chi connectivity index (χ1v) is 16.7. The molecule has 7 aromatic carbocycles. The predicted octanol–water partition coefficient (Wildman–Crippen LogP) is 11.7. The van der Waals surface area contributed by atoms with Crippen LogP contribution in [0.15, 0.2) is 150 Å². The Balaban J connectivity index is 1.28. The molecule has 0 amide bonds. The van der Waals surface area contributed by atoms with Crippen LogP contribution in [0.2, 0.25) is 0 Å². The van der Waals surface area contributed by atoms with E-state index in [2.05, 4.69) is 140 Å². The van der Waals surface area contributed by atoms with Gasteiger partial charge in [0.05, 0.1) is 0 Å². The summed E-state index contributed by atoms with van der Waals surface area (Å²) in [6, 6.07) is 48.9. The highest BCUT2D eigenvalue weighted by Crippen LogP contribution is 2.43. The number of para-hydroxylation sites is 1. The lowest BCUT2D eigenvalue weighted by Gasteiger charge is -2.16. The van der Waals surface area contributed by atoms with Crippen molar-refractivity contribution in [3.8, 4) is 45.3 Å². The number of rotatable bonds is 4. The molecule has 0 saturated heterocycles. The molecule has 10 rings (SSSR count). The molecule has 1 aliphatic carbocycles. The van der Waals surface area contributed by atoms with E-state index in [0.29, 0.717) is 17.5 Å². The molecule has 0 unspecified atom stereocenters. The largest absolute Gasteiger partial charge is 0.456 e. The maximum absolute atomic E-state index is 6.44. The van der Waals surface area contributed by atoms with Crippen LogP contribution >= 0.6 is 0 Å². The summed E-state index contributed by atoms with van der Waals surface area (Å²) in [5.41, 5.74) is 9.31. The van der Waals surface area contributed by atoms with Crippen LogP contribution < -0.4 is 0 Å². The average molecular weight is 628 g/mol. The number of benzene rings is 7. The van der Waals surface area contributed by atoms with Gasteiger partial charge in [0.2, 0.25) is 0 Å². The van der Waals surface area contributed by atoms with Gasteiger partial charge in [0.1, 0.15) is 11.2 Å². The van der Waals surface area contributed by atoms with Crippen LogP contribution in [0.25, 0.3) is 94.8 Å². The van der Waals surface area contributed by atoms with Crippen molar-refractivity contribution >= 4 is 49.6 Å². The van der Waals surface area contributed by atoms with E-state index < -0.39 is 0 Å². The number of hydrogen-bond donors (Lipinski definition) is 0. The number of allylic oxidation sites excluding steroid dienone is 1. The van der Waals surface area contributed by atoms with Crippen molar-refractivity contribution in [2.45, 2.75) is 12.8 Å². The van der Waals surface area contributed by atoms with Gasteiger partial charge in [-0.25, -0.2) is 15.0 Å². The van der Waals surface area contributed by atoms with Crippen molar-refractivity contribution in [2.75, 3.05) is 0 Å². The maximum atomic E-state index is 6.44. The fraction of sp³-hybridized carbons (Fsp3) is 0.0444. The van der Waals surface area contributed by atoms with E-state index in [9.17, 15) is 0 Å². The number of nitrogens with zero attached hydrogens (tertiary/aromatic N) is 3. The zero-order chi connectivity index (χ0) is 32.3. The summed E-state index contributed by atoms with van der Waals surface area (Å²) in [6.45, 7) is 0. The Labute approximate surface area is 283 Å². The minimum atomic E-state index is 0.617. The lowest BCUT2D eigenvalue weighted by atomic mass is 9.90. The highest BCUT2D eigenvalue weighted by atomic mass is 16.3. The first-order chi connectivity index (χ1) is 24.2. The van der Waals surface area contributed by atoms with Gasteiger partial charge in [-0.1, -0.05) is 121 Å². The molecule has 4 nitrogen and oxygen atoms in total. The summed E-state index contributed by atoms with van der Waals surface area (Å²) in [4.78, 5) is 15.8. The molecular weight excluding hydrogens is 599 g/mol. The molecule has 49 heavy (non-hydrogen) atoms. The van der Waals surface area contributed by atoms with Gasteiger partial charge in [-0.15, -0.1) is 0 Å². The molecule has 0 spiro atoms. The molecule has 0 fully saturated rings. The topological polar surface area (TPSA) is 51.8 Å². The van der Waals surface area contributed by atoms with E-state index in [1.54, 1.807) is 0 Å². The third-order valence-corrected chi connectivity index (χ3v) is 9.75. The van der Waals surface area contributed by atoms with Crippen molar-refractivity contribution in [1.29, 1.82) is 0 Å². The van der Waals surface area contributed by atoms with E-state index >= 15 is 0 Å². The van der Waals surface area contributed by atoms with E-state index in [0.717, 1.165) is 73.4 Å². The van der Waals surface area contributed by atoms with Crippen LogP contribution in [-0.2, 0) is 6.42 Å². The van der Waals surface area contributed by atoms with E-state index in [1.165, 1.54) is 21.9 Å². The molecule has 0 radical (unpaired) electrons. The molecule has 0 aliphatic heterocycles. The SMILES string of the molecule is C1=Cc2ccc(-c3ccc4oc5ccccc5c4c3-c3nc(-c4ccc5ccccc5c4)nc(-c4ccc5ccccc5c4)n3)cc2CC1. The maximum Gasteiger partial charge on any atom is 0.165 e. The van der Waals surface area contributed by atoms with Gasteiger partial charge in [-0.3, -0.25) is 0 Å². The third kappa shape index (κ3) is 4.72. The second-order valence-corrected chi connectivity index (χ2v) is 12.7. The number of hydrogen-bond acceptors (Lipinski definition) is 4. The van der Waals surface area contributed by atoms with E-state index in [-0.39, 0.29) is 0 Å². The quantitative estimate of drug-likeness (QED) is 0.195. The van der Waals surface area contributed by atoms with Gasteiger partial charge in [0.15, 0.2) is 17.5 Å². The predicted molar refractivity (Wildman–Crippen MR) is 201 cm³/mol. The number of aromatic nitrogens is 3. The summed E-state index contributed by atoms with van der Waals surface area (Å²) in [6.07, 6.45) is 6.56. The molecular formula is C45H29N3O. The van der Waals surface area contributed by atoms with Crippen molar-refractivity contribution < 1.29 is 4.42 Å². The van der Waals surface area contributed by atoms with Crippen LogP contribution in [0.5, 0.6) is 0 Å². The molecule has 0 saturated carbocycles. The van der Waals surface area contributed by atoms with Crippen molar-refractivity contribution in [2.24, 2.45) is 0 Å². The molecule has 2 heterocycles. The van der Waals surface area contributed by atoms with Gasteiger partial charge in [0, 0.05) is 27.5 Å². The molecule has 0 atom stereocenters. The molecule has 0 bridgehead atoms. The van der Waals surface area contributed by atoms with Gasteiger partial charge < -0.3 is 4.42 Å². The second kappa shape index (κ2) is 11.1. The number of fused-ring (bicyclic) bond motifs is 6. The van der Waals surface area contributed by atoms with Crippen molar-refractivity contribution in [3.05, 3.63) is 157 Å². The standard InChI is InChI=1S/C45H29N3O/c1-4-12-31-25-34(20-17-28(31)9-1)37-23-24-40-41(38-15-7-8-16-39(38)49-40)42(37)45-47-43(35-21-18-29-10-2-5-13-32(29)26-35)46-44(48-45)36-22-19-30-11-3-6-14-33(30)27-36/h1-3,5-11,13-27H,4,12H2. The molecule has 1 aliphatic rings. The highest BCUT2D eigenvalue weighted by molar-refractivity contribution is 6.15. The fourth-order valence-corrected chi connectivity index (χ4v) is 7.29. The van der Waals surface area contributed by atoms with Crippen LogP contribution in [0.3, 0.4) is 0 Å². The normalized spacial score (nSPS) is 12.7. The van der Waals surface area contributed by atoms with Crippen LogP contribution in [-0.4, -0.2) is 15.0 Å². The second-order valence-electron chi connectivity index (χ2n) is 12.7. The summed E-state index contributed by atoms with van der Waals surface area (Å²) in [5.74, 6) is 1.88. The van der Waals surface area contributed by atoms with Crippen LogP contribution in [0.1, 0.15) is 17.5 Å². The van der Waals surface area contributed by atoms with Gasteiger partial charge in [-0.2, -0.15) is 0 Å². The molecule has 2 aromatic heterocycles. The van der Waals surface area contributed by atoms with Crippen LogP contribution in [0.4, 0.5) is 0 Å². The minimum absolute atomic E-state index is 0.617. The molecule has 230 valence electrons. The van der Waals surface area contributed by atoms with E-state index in [1.807, 2.05) is 12.1 Å². The summed E-state index contributed by atoms with van der Waals surface area (Å²) in [7, 11) is 0. The average Bonchev–Trinajstić information content (AvgIpc) is 3.55. The fourth-order valence-electron chi connectivity index (χ4n) is 7.29. The summed E-state index contributed by atoms with van der Waals surface area (Å²) < 4.78 is 6.44. The van der Waals surface area contributed by atoms with Crippen LogP contribution in [0, 0.1) is 0 Å². The zero-order valence-electron chi connectivity index (χ0n) is 26.6. The Morgan fingerprint density at radius 1 is 0.490 bits per heavy atom. The number of furan rings is 1. The minimum Gasteiger partial charge on any atom is -0.456 e. The molecule has 0 N–H and O–H groups in total. The van der Waals surface area contributed by atoms with Gasteiger partial charge >= 0.3 is 0 Å². The van der Waals surface area contributed by atoms with Crippen molar-refractivity contribution in [1.82, 2.24) is 15.0 Å². The highest BCUT2D eigenvalue weighted by Gasteiger charge is 2.22. The van der Waals surface area contributed by atoms with E-state index in [4.69, 9.17) is 19.4 Å². The Kier molecular flexibility index (Phi) is 6.28. The Bertz CT molecular complexity index is 2690. The summed E-state index contributed by atoms with van der Waals surface area (Å²) >= 11 is 0. The molecule has 9 aromatic rings. The summed E-state index contributed by atoms with van der Waals surface area (Å²) in [5, 5.41) is 6.67. The Morgan fingerprint density at radius 3 is 1.86 bits per heavy atom. The Morgan fingerprint density at radius 2 is 1.12 bits per heavy atom. The van der Waals surface area contributed by atoms with Crippen molar-refractivity contribution in [3.63, 3.8) is 0 Å². The Hall–Kier alpha value is -6.39. The lowest BCUT2D eigenvalue weighted by Crippen LogP contribution is -2.02. The third-order valence-electron chi connectivity index (χ3n) is 9.75. The molecule has 4 heteroatoms. The van der Waals surface area contributed by atoms with Gasteiger partial charge in [0.25, 0.3) is 0 Å². The number of aryl methyl sites for hydroxylation is 1. The first kappa shape index (κ1) is 27.7. The smallest absolute Gasteiger partial charge is 0.165 e.